The number of nitrogens with one attached hydrogen (secondary N) is 1. The molecular weight excluding hydrogens is 218 g/mol. The topological polar surface area (TPSA) is 59.4 Å². The molecule has 0 atom stereocenters. The zero-order chi connectivity index (χ0) is 12.6. The summed E-state index contributed by atoms with van der Waals surface area (Å²) >= 11 is 0. The molecule has 0 saturated heterocycles. The number of H-pyrrole nitrogens is 1. The van der Waals surface area contributed by atoms with Crippen molar-refractivity contribution in [2.75, 3.05) is 0 Å². The van der Waals surface area contributed by atoms with Crippen LogP contribution in [-0.2, 0) is 0 Å². The van der Waals surface area contributed by atoms with E-state index in [1.54, 1.807) is 0 Å². The standard InChI is InChI=1S/C12H17N3O2/c1-7(2)9-5-10-13-11(17-8(3)4)6-12(16)15(10)14-9/h5-8,14H,1-4H3. The molecule has 2 aromatic heterocycles. The summed E-state index contributed by atoms with van der Waals surface area (Å²) in [6, 6.07) is 3.27. The van der Waals surface area contributed by atoms with E-state index in [0.717, 1.165) is 5.69 Å². The summed E-state index contributed by atoms with van der Waals surface area (Å²) in [5.74, 6) is 0.699. The largest absolute Gasteiger partial charge is 0.475 e. The van der Waals surface area contributed by atoms with E-state index in [1.165, 1.54) is 10.6 Å². The zero-order valence-corrected chi connectivity index (χ0v) is 10.5. The Bertz CT molecular complexity index is 581. The number of rotatable bonds is 3. The second-order valence-corrected chi connectivity index (χ2v) is 4.66. The van der Waals surface area contributed by atoms with E-state index in [2.05, 4.69) is 23.9 Å². The first kappa shape index (κ1) is 11.7. The zero-order valence-electron chi connectivity index (χ0n) is 10.5. The van der Waals surface area contributed by atoms with E-state index in [1.807, 2.05) is 19.9 Å². The fraction of sp³-hybridized carbons (Fsp3) is 0.500. The maximum Gasteiger partial charge on any atom is 0.276 e. The molecule has 2 heterocycles. The summed E-state index contributed by atoms with van der Waals surface area (Å²) in [7, 11) is 0. The number of aromatic nitrogens is 3. The highest BCUT2D eigenvalue weighted by atomic mass is 16.5. The van der Waals surface area contributed by atoms with Crippen LogP contribution in [0.5, 0.6) is 5.88 Å². The number of nitrogens with zero attached hydrogens (tertiary/aromatic N) is 2. The van der Waals surface area contributed by atoms with Crippen molar-refractivity contribution in [1.82, 2.24) is 14.6 Å². The molecule has 0 aromatic carbocycles. The van der Waals surface area contributed by atoms with E-state index in [0.29, 0.717) is 17.4 Å². The molecule has 0 aliphatic carbocycles. The van der Waals surface area contributed by atoms with Crippen LogP contribution >= 0.6 is 0 Å². The molecule has 0 fully saturated rings. The molecule has 0 bridgehead atoms. The van der Waals surface area contributed by atoms with Gasteiger partial charge in [-0.1, -0.05) is 13.8 Å². The van der Waals surface area contributed by atoms with Crippen LogP contribution < -0.4 is 10.3 Å². The number of fused-ring (bicyclic) bond motifs is 1. The normalized spacial score (nSPS) is 11.6. The Balaban J connectivity index is 2.53. The van der Waals surface area contributed by atoms with E-state index in [4.69, 9.17) is 4.74 Å². The Labute approximate surface area is 99.4 Å². The summed E-state index contributed by atoms with van der Waals surface area (Å²) in [6.45, 7) is 7.92. The molecular formula is C12H17N3O2. The molecule has 1 N–H and O–H groups in total. The van der Waals surface area contributed by atoms with Gasteiger partial charge in [-0.05, 0) is 19.8 Å². The highest BCUT2D eigenvalue weighted by molar-refractivity contribution is 5.41. The predicted molar refractivity (Wildman–Crippen MR) is 65.7 cm³/mol. The Morgan fingerprint density at radius 3 is 2.59 bits per heavy atom. The van der Waals surface area contributed by atoms with Crippen LogP contribution in [0.2, 0.25) is 0 Å². The van der Waals surface area contributed by atoms with Crippen LogP contribution in [0.1, 0.15) is 39.3 Å². The molecule has 5 heteroatoms. The lowest BCUT2D eigenvalue weighted by Crippen LogP contribution is -2.16. The summed E-state index contributed by atoms with van der Waals surface area (Å²) in [5.41, 5.74) is 1.42. The third kappa shape index (κ3) is 2.33. The minimum Gasteiger partial charge on any atom is -0.475 e. The molecule has 2 rings (SSSR count). The summed E-state index contributed by atoms with van der Waals surface area (Å²) in [5, 5.41) is 3.03. The van der Waals surface area contributed by atoms with Gasteiger partial charge in [0.2, 0.25) is 5.88 Å². The van der Waals surface area contributed by atoms with Gasteiger partial charge < -0.3 is 4.74 Å². The van der Waals surface area contributed by atoms with Crippen molar-refractivity contribution < 1.29 is 4.74 Å². The van der Waals surface area contributed by atoms with Gasteiger partial charge in [0.1, 0.15) is 0 Å². The SMILES string of the molecule is CC(C)Oc1cc(=O)n2[nH]c(C(C)C)cc2n1. The smallest absolute Gasteiger partial charge is 0.276 e. The summed E-state index contributed by atoms with van der Waals surface area (Å²) in [6.07, 6.45) is 0.00728. The van der Waals surface area contributed by atoms with Crippen LogP contribution in [0.3, 0.4) is 0 Å². The van der Waals surface area contributed by atoms with Gasteiger partial charge in [-0.3, -0.25) is 9.89 Å². The van der Waals surface area contributed by atoms with E-state index in [-0.39, 0.29) is 11.7 Å². The Morgan fingerprint density at radius 1 is 1.29 bits per heavy atom. The number of ether oxygens (including phenoxy) is 1. The third-order valence-corrected chi connectivity index (χ3v) is 2.43. The molecule has 92 valence electrons. The monoisotopic (exact) mass is 235 g/mol. The minimum atomic E-state index is -0.155. The Kier molecular flexibility index (Phi) is 2.92. The average Bonchev–Trinajstić information content (AvgIpc) is 2.60. The van der Waals surface area contributed by atoms with Gasteiger partial charge in [0.05, 0.1) is 12.2 Å². The lowest BCUT2D eigenvalue weighted by Gasteiger charge is -2.07. The first-order valence-electron chi connectivity index (χ1n) is 5.76. The fourth-order valence-corrected chi connectivity index (χ4v) is 1.59. The highest BCUT2D eigenvalue weighted by Crippen LogP contribution is 2.14. The fourth-order valence-electron chi connectivity index (χ4n) is 1.59. The molecule has 2 aromatic rings. The number of aromatic amines is 1. The molecule has 17 heavy (non-hydrogen) atoms. The lowest BCUT2D eigenvalue weighted by molar-refractivity contribution is 0.232. The first-order chi connectivity index (χ1) is 7.97. The van der Waals surface area contributed by atoms with E-state index in [9.17, 15) is 4.79 Å². The van der Waals surface area contributed by atoms with Gasteiger partial charge in [0.25, 0.3) is 5.56 Å². The maximum absolute atomic E-state index is 11.8. The van der Waals surface area contributed by atoms with Crippen LogP contribution in [0, 0.1) is 0 Å². The number of hydrogen-bond acceptors (Lipinski definition) is 3. The van der Waals surface area contributed by atoms with E-state index < -0.39 is 0 Å². The quantitative estimate of drug-likeness (QED) is 0.884. The molecule has 0 aliphatic rings. The van der Waals surface area contributed by atoms with Crippen molar-refractivity contribution in [3.8, 4) is 5.88 Å². The van der Waals surface area contributed by atoms with E-state index >= 15 is 0 Å². The molecule has 0 aliphatic heterocycles. The van der Waals surface area contributed by atoms with Crippen LogP contribution in [0.4, 0.5) is 0 Å². The van der Waals surface area contributed by atoms with Crippen molar-refractivity contribution in [1.29, 1.82) is 0 Å². The van der Waals surface area contributed by atoms with Crippen LogP contribution in [0.25, 0.3) is 5.65 Å². The first-order valence-corrected chi connectivity index (χ1v) is 5.76. The second kappa shape index (κ2) is 4.24. The van der Waals surface area contributed by atoms with Crippen molar-refractivity contribution in [3.05, 3.63) is 28.2 Å². The highest BCUT2D eigenvalue weighted by Gasteiger charge is 2.09. The summed E-state index contributed by atoms with van der Waals surface area (Å²) < 4.78 is 6.87. The van der Waals surface area contributed by atoms with Gasteiger partial charge in [-0.2, -0.15) is 4.98 Å². The summed E-state index contributed by atoms with van der Waals surface area (Å²) in [4.78, 5) is 16.1. The van der Waals surface area contributed by atoms with Crippen LogP contribution in [0.15, 0.2) is 16.9 Å². The second-order valence-electron chi connectivity index (χ2n) is 4.66. The third-order valence-electron chi connectivity index (χ3n) is 2.43. The minimum absolute atomic E-state index is 0.00728. The lowest BCUT2D eigenvalue weighted by atomic mass is 10.1. The Hall–Kier alpha value is -1.78. The molecule has 0 amide bonds. The van der Waals surface area contributed by atoms with Gasteiger partial charge >= 0.3 is 0 Å². The van der Waals surface area contributed by atoms with Crippen molar-refractivity contribution >= 4 is 5.65 Å². The maximum atomic E-state index is 11.8. The van der Waals surface area contributed by atoms with Gasteiger partial charge in [-0.25, -0.2) is 4.52 Å². The molecule has 5 nitrogen and oxygen atoms in total. The van der Waals surface area contributed by atoms with Crippen LogP contribution in [-0.4, -0.2) is 20.7 Å². The Morgan fingerprint density at radius 2 is 2.00 bits per heavy atom. The molecule has 0 saturated carbocycles. The molecule has 0 unspecified atom stereocenters. The average molecular weight is 235 g/mol. The molecule has 0 spiro atoms. The van der Waals surface area contributed by atoms with Gasteiger partial charge in [0, 0.05) is 11.8 Å². The molecule has 0 radical (unpaired) electrons. The van der Waals surface area contributed by atoms with Crippen molar-refractivity contribution in [2.24, 2.45) is 0 Å². The van der Waals surface area contributed by atoms with Crippen molar-refractivity contribution in [3.63, 3.8) is 0 Å². The van der Waals surface area contributed by atoms with Crippen molar-refractivity contribution in [2.45, 2.75) is 39.7 Å². The predicted octanol–water partition coefficient (Wildman–Crippen LogP) is 1.93. The van der Waals surface area contributed by atoms with Gasteiger partial charge in [-0.15, -0.1) is 0 Å². The van der Waals surface area contributed by atoms with Gasteiger partial charge in [0.15, 0.2) is 5.65 Å². The number of hydrogen-bond donors (Lipinski definition) is 1.